The molecule has 0 aromatic heterocycles. The summed E-state index contributed by atoms with van der Waals surface area (Å²) in [6.07, 6.45) is 1.28. The molecular weight excluding hydrogens is 299 g/mol. The Balaban J connectivity index is 0.00000242. The van der Waals surface area contributed by atoms with Crippen LogP contribution in [0.2, 0.25) is 0 Å². The van der Waals surface area contributed by atoms with Gasteiger partial charge in [0.15, 0.2) is 0 Å². The first kappa shape index (κ1) is 19.2. The average molecular weight is 318 g/mol. The van der Waals surface area contributed by atoms with E-state index in [0.29, 0.717) is 12.0 Å². The Morgan fingerprint density at radius 3 is 2.64 bits per heavy atom. The SMILES string of the molecule is COc1cc([N+](=O)[O-])c(CCCN2CCOCC2)cc1[O-].[Na+]. The Morgan fingerprint density at radius 1 is 1.36 bits per heavy atom. The normalized spacial score (nSPS) is 15.1. The second-order valence-electron chi connectivity index (χ2n) is 4.95. The molecular formula is C14H19N2NaO5. The van der Waals surface area contributed by atoms with Gasteiger partial charge in [-0.05, 0) is 19.4 Å². The second-order valence-corrected chi connectivity index (χ2v) is 4.95. The predicted molar refractivity (Wildman–Crippen MR) is 74.7 cm³/mol. The van der Waals surface area contributed by atoms with E-state index in [1.54, 1.807) is 0 Å². The van der Waals surface area contributed by atoms with E-state index < -0.39 is 4.92 Å². The van der Waals surface area contributed by atoms with Crippen LogP contribution in [0.1, 0.15) is 12.0 Å². The van der Waals surface area contributed by atoms with Crippen molar-refractivity contribution in [3.8, 4) is 11.5 Å². The molecule has 0 aliphatic carbocycles. The third-order valence-electron chi connectivity index (χ3n) is 3.59. The fourth-order valence-corrected chi connectivity index (χ4v) is 2.44. The van der Waals surface area contributed by atoms with Crippen LogP contribution < -0.4 is 39.4 Å². The van der Waals surface area contributed by atoms with Crippen molar-refractivity contribution in [1.82, 2.24) is 4.90 Å². The summed E-state index contributed by atoms with van der Waals surface area (Å²) in [5, 5.41) is 22.8. The number of nitro benzene ring substituents is 1. The van der Waals surface area contributed by atoms with Gasteiger partial charge < -0.3 is 14.6 Å². The van der Waals surface area contributed by atoms with Gasteiger partial charge in [0, 0.05) is 18.7 Å². The average Bonchev–Trinajstić information content (AvgIpc) is 2.48. The molecule has 0 unspecified atom stereocenters. The van der Waals surface area contributed by atoms with Crippen molar-refractivity contribution in [3.05, 3.63) is 27.8 Å². The molecule has 116 valence electrons. The monoisotopic (exact) mass is 318 g/mol. The van der Waals surface area contributed by atoms with Crippen LogP contribution in [-0.4, -0.2) is 49.8 Å². The van der Waals surface area contributed by atoms with Crippen LogP contribution in [0.5, 0.6) is 11.5 Å². The van der Waals surface area contributed by atoms with Gasteiger partial charge in [-0.2, -0.15) is 0 Å². The minimum Gasteiger partial charge on any atom is -0.870 e. The summed E-state index contributed by atoms with van der Waals surface area (Å²) in [7, 11) is 1.33. The minimum absolute atomic E-state index is 0. The molecule has 1 aliphatic rings. The Labute approximate surface area is 151 Å². The number of hydrogen-bond acceptors (Lipinski definition) is 6. The van der Waals surface area contributed by atoms with Crippen molar-refractivity contribution in [3.63, 3.8) is 0 Å². The molecule has 1 heterocycles. The zero-order valence-electron chi connectivity index (χ0n) is 13.0. The number of rotatable bonds is 6. The molecule has 22 heavy (non-hydrogen) atoms. The van der Waals surface area contributed by atoms with E-state index in [9.17, 15) is 15.2 Å². The predicted octanol–water partition coefficient (Wildman–Crippen LogP) is -2.05. The number of nitrogens with zero attached hydrogens (tertiary/aromatic N) is 2. The quantitative estimate of drug-likeness (QED) is 0.341. The van der Waals surface area contributed by atoms with Crippen LogP contribution in [0.3, 0.4) is 0 Å². The summed E-state index contributed by atoms with van der Waals surface area (Å²) in [5.41, 5.74) is 0.424. The Morgan fingerprint density at radius 2 is 2.05 bits per heavy atom. The first-order valence-electron chi connectivity index (χ1n) is 6.94. The summed E-state index contributed by atoms with van der Waals surface area (Å²) in [5.74, 6) is -0.303. The summed E-state index contributed by atoms with van der Waals surface area (Å²) >= 11 is 0. The standard InChI is InChI=1S/C14H20N2O5.Na/c1-20-14-10-12(16(18)19)11(9-13(14)17)3-2-4-15-5-7-21-8-6-15;/h9-10,17H,2-8H2,1H3;/q;+1/p-1. The van der Waals surface area contributed by atoms with Gasteiger partial charge in [0.2, 0.25) is 0 Å². The van der Waals surface area contributed by atoms with E-state index in [2.05, 4.69) is 4.90 Å². The minimum atomic E-state index is -0.466. The third kappa shape index (κ3) is 5.10. The number of aryl methyl sites for hydroxylation is 1. The second kappa shape index (κ2) is 9.32. The number of nitro groups is 1. The Hall–Kier alpha value is -0.860. The number of methoxy groups -OCH3 is 1. The maximum Gasteiger partial charge on any atom is 1.00 e. The zero-order valence-corrected chi connectivity index (χ0v) is 15.0. The Kier molecular flexibility index (Phi) is 8.13. The van der Waals surface area contributed by atoms with Crippen molar-refractivity contribution in [2.24, 2.45) is 0 Å². The van der Waals surface area contributed by atoms with Crippen molar-refractivity contribution < 1.29 is 49.1 Å². The fourth-order valence-electron chi connectivity index (χ4n) is 2.44. The van der Waals surface area contributed by atoms with Gasteiger partial charge in [0.1, 0.15) is 5.75 Å². The van der Waals surface area contributed by atoms with E-state index in [1.807, 2.05) is 0 Å². The van der Waals surface area contributed by atoms with Crippen LogP contribution in [0.15, 0.2) is 12.1 Å². The molecule has 0 amide bonds. The van der Waals surface area contributed by atoms with Gasteiger partial charge in [0.05, 0.1) is 31.3 Å². The largest absolute Gasteiger partial charge is 1.00 e. The number of ether oxygens (including phenoxy) is 2. The van der Waals surface area contributed by atoms with Gasteiger partial charge in [-0.15, -0.1) is 0 Å². The van der Waals surface area contributed by atoms with E-state index in [4.69, 9.17) is 9.47 Å². The number of morpholine rings is 1. The maximum atomic E-state index is 11.7. The molecule has 0 N–H and O–H groups in total. The topological polar surface area (TPSA) is 87.9 Å². The molecule has 0 radical (unpaired) electrons. The molecule has 0 atom stereocenters. The summed E-state index contributed by atoms with van der Waals surface area (Å²) in [6.45, 7) is 4.08. The molecule has 1 aromatic carbocycles. The van der Waals surface area contributed by atoms with E-state index in [1.165, 1.54) is 19.2 Å². The van der Waals surface area contributed by atoms with Gasteiger partial charge in [0.25, 0.3) is 5.69 Å². The molecule has 0 bridgehead atoms. The molecule has 8 heteroatoms. The molecule has 7 nitrogen and oxygen atoms in total. The van der Waals surface area contributed by atoms with Crippen LogP contribution in [0, 0.1) is 10.1 Å². The molecule has 1 fully saturated rings. The molecule has 0 spiro atoms. The van der Waals surface area contributed by atoms with Crippen LogP contribution in [-0.2, 0) is 11.2 Å². The van der Waals surface area contributed by atoms with Crippen molar-refractivity contribution in [2.75, 3.05) is 40.0 Å². The van der Waals surface area contributed by atoms with Gasteiger partial charge >= 0.3 is 29.6 Å². The smallest absolute Gasteiger partial charge is 0.870 e. The van der Waals surface area contributed by atoms with E-state index in [0.717, 1.165) is 39.3 Å². The number of benzene rings is 1. The van der Waals surface area contributed by atoms with E-state index in [-0.39, 0.29) is 46.7 Å². The zero-order chi connectivity index (χ0) is 15.2. The number of hydrogen-bond donors (Lipinski definition) is 0. The summed E-state index contributed by atoms with van der Waals surface area (Å²) < 4.78 is 10.1. The molecule has 2 rings (SSSR count). The molecule has 1 saturated heterocycles. The Bertz CT molecular complexity index is 506. The van der Waals surface area contributed by atoms with Crippen molar-refractivity contribution in [2.45, 2.75) is 12.8 Å². The van der Waals surface area contributed by atoms with Gasteiger partial charge in [-0.25, -0.2) is 0 Å². The maximum absolute atomic E-state index is 11.7. The summed E-state index contributed by atoms with van der Waals surface area (Å²) in [4.78, 5) is 12.9. The van der Waals surface area contributed by atoms with Gasteiger partial charge in [-0.1, -0.05) is 11.8 Å². The van der Waals surface area contributed by atoms with Crippen LogP contribution >= 0.6 is 0 Å². The first-order chi connectivity index (χ1) is 10.1. The third-order valence-corrected chi connectivity index (χ3v) is 3.59. The first-order valence-corrected chi connectivity index (χ1v) is 6.94. The van der Waals surface area contributed by atoms with E-state index >= 15 is 0 Å². The van der Waals surface area contributed by atoms with Crippen LogP contribution in [0.4, 0.5) is 5.69 Å². The molecule has 1 aromatic rings. The molecule has 1 aliphatic heterocycles. The van der Waals surface area contributed by atoms with Crippen LogP contribution in [0.25, 0.3) is 0 Å². The summed E-state index contributed by atoms with van der Waals surface area (Å²) in [6, 6.07) is 2.53. The fraction of sp³-hybridized carbons (Fsp3) is 0.571. The van der Waals surface area contributed by atoms with Gasteiger partial charge in [-0.3, -0.25) is 15.0 Å². The van der Waals surface area contributed by atoms with Crippen molar-refractivity contribution in [1.29, 1.82) is 0 Å². The molecule has 0 saturated carbocycles. The van der Waals surface area contributed by atoms with Crippen molar-refractivity contribution >= 4 is 5.69 Å².